The molecule has 33 heavy (non-hydrogen) atoms. The number of ether oxygens (including phenoxy) is 1. The van der Waals surface area contributed by atoms with Crippen LogP contribution in [-0.4, -0.2) is 59.5 Å². The first kappa shape index (κ1) is 29.0. The average Bonchev–Trinajstić information content (AvgIpc) is 3.03. The Morgan fingerprint density at radius 2 is 1.91 bits per heavy atom. The summed E-state index contributed by atoms with van der Waals surface area (Å²) in [5.41, 5.74) is 0. The van der Waals surface area contributed by atoms with E-state index in [0.29, 0.717) is 25.2 Å². The van der Waals surface area contributed by atoms with Crippen LogP contribution in [-0.2, 0) is 23.9 Å². The van der Waals surface area contributed by atoms with Crippen LogP contribution in [0.4, 0.5) is 0 Å². The molecule has 0 bridgehead atoms. The molecule has 1 aliphatic carbocycles. The number of esters is 1. The molecule has 1 amide bonds. The van der Waals surface area contributed by atoms with Crippen molar-refractivity contribution in [1.29, 1.82) is 0 Å². The van der Waals surface area contributed by atoms with Crippen LogP contribution < -0.4 is 5.32 Å². The van der Waals surface area contributed by atoms with Crippen LogP contribution >= 0.6 is 0 Å². The summed E-state index contributed by atoms with van der Waals surface area (Å²) in [4.78, 5) is 47.4. The maximum atomic E-state index is 12.4. The van der Waals surface area contributed by atoms with Gasteiger partial charge in [0.15, 0.2) is 0 Å². The molecule has 0 radical (unpaired) electrons. The summed E-state index contributed by atoms with van der Waals surface area (Å²) < 4.78 is 4.44. The monoisotopic (exact) mass is 467 g/mol. The molecular weight excluding hydrogens is 426 g/mol. The summed E-state index contributed by atoms with van der Waals surface area (Å²) in [7, 11) is 1.24. The van der Waals surface area contributed by atoms with Gasteiger partial charge in [0.1, 0.15) is 18.1 Å². The molecule has 188 valence electrons. The van der Waals surface area contributed by atoms with Crippen LogP contribution in [0.2, 0.25) is 0 Å². The van der Waals surface area contributed by atoms with Gasteiger partial charge in [-0.3, -0.25) is 19.2 Å². The van der Waals surface area contributed by atoms with E-state index in [9.17, 15) is 29.4 Å². The predicted molar refractivity (Wildman–Crippen MR) is 124 cm³/mol. The third-order valence-electron chi connectivity index (χ3n) is 6.20. The van der Waals surface area contributed by atoms with Gasteiger partial charge in [-0.05, 0) is 25.2 Å². The normalized spacial score (nSPS) is 22.3. The van der Waals surface area contributed by atoms with Gasteiger partial charge in [0.05, 0.1) is 19.3 Å². The van der Waals surface area contributed by atoms with Crippen LogP contribution in [0.15, 0.2) is 12.2 Å². The maximum absolute atomic E-state index is 12.4. The Morgan fingerprint density at radius 1 is 1.21 bits per heavy atom. The van der Waals surface area contributed by atoms with Gasteiger partial charge in [0.2, 0.25) is 5.91 Å². The van der Waals surface area contributed by atoms with Crippen molar-refractivity contribution in [3.63, 3.8) is 0 Å². The second-order valence-corrected chi connectivity index (χ2v) is 9.16. The van der Waals surface area contributed by atoms with Gasteiger partial charge in [0.25, 0.3) is 0 Å². The van der Waals surface area contributed by atoms with Crippen LogP contribution in [0.1, 0.15) is 78.1 Å². The number of rotatable bonds is 16. The number of carbonyl (C=O) groups is 4. The van der Waals surface area contributed by atoms with Crippen molar-refractivity contribution in [2.75, 3.05) is 13.7 Å². The molecule has 1 unspecified atom stereocenters. The molecule has 1 rings (SSSR count). The van der Waals surface area contributed by atoms with Gasteiger partial charge in [-0.1, -0.05) is 45.3 Å². The predicted octanol–water partition coefficient (Wildman–Crippen LogP) is 2.49. The Morgan fingerprint density at radius 3 is 2.58 bits per heavy atom. The number of methoxy groups -OCH3 is 1. The molecule has 1 fully saturated rings. The van der Waals surface area contributed by atoms with Crippen LogP contribution in [0, 0.1) is 17.8 Å². The molecule has 8 nitrogen and oxygen atoms in total. The number of nitrogens with one attached hydrogen (secondary N) is 1. The summed E-state index contributed by atoms with van der Waals surface area (Å²) >= 11 is 0. The zero-order chi connectivity index (χ0) is 24.8. The fraction of sp³-hybridized carbons (Fsp3) is 0.760. The summed E-state index contributed by atoms with van der Waals surface area (Å²) in [6, 6.07) is 0. The average molecular weight is 468 g/mol. The van der Waals surface area contributed by atoms with Crippen molar-refractivity contribution in [2.24, 2.45) is 17.8 Å². The van der Waals surface area contributed by atoms with Gasteiger partial charge in [-0.25, -0.2) is 0 Å². The molecule has 0 aromatic rings. The minimum atomic E-state index is -0.838. The van der Waals surface area contributed by atoms with E-state index in [1.807, 2.05) is 0 Å². The van der Waals surface area contributed by atoms with Crippen molar-refractivity contribution in [1.82, 2.24) is 5.32 Å². The Hall–Kier alpha value is -2.06. The number of hydrogen-bond acceptors (Lipinski definition) is 7. The minimum absolute atomic E-state index is 0.0241. The molecule has 0 heterocycles. The van der Waals surface area contributed by atoms with E-state index in [0.717, 1.165) is 19.3 Å². The van der Waals surface area contributed by atoms with E-state index in [1.165, 1.54) is 7.11 Å². The second kappa shape index (κ2) is 15.7. The van der Waals surface area contributed by atoms with Crippen LogP contribution in [0.3, 0.4) is 0 Å². The van der Waals surface area contributed by atoms with Gasteiger partial charge in [0, 0.05) is 37.5 Å². The number of Topliss-reactive ketones (excluding diaryl/α,β-unsaturated/α-hetero) is 2. The van der Waals surface area contributed by atoms with E-state index in [-0.39, 0.29) is 49.7 Å². The number of ketones is 2. The lowest BCUT2D eigenvalue weighted by molar-refractivity contribution is -0.141. The summed E-state index contributed by atoms with van der Waals surface area (Å²) in [6.45, 7) is 4.06. The smallest absolute Gasteiger partial charge is 0.325 e. The summed E-state index contributed by atoms with van der Waals surface area (Å²) in [5.74, 6) is -1.66. The topological polar surface area (TPSA) is 130 Å². The number of aliphatic hydroxyl groups is 2. The SMILES string of the molecule is CCCC[C@H](C)CC(O)/C=C/[C@H]1[C@H](O)CC(=O)[C@@H]1CC(=O)CCCCC(=O)NCC(=O)OC. The molecule has 3 N–H and O–H groups in total. The zero-order valence-corrected chi connectivity index (χ0v) is 20.3. The fourth-order valence-corrected chi connectivity index (χ4v) is 4.19. The number of hydrogen-bond donors (Lipinski definition) is 3. The Labute approximate surface area is 197 Å². The second-order valence-electron chi connectivity index (χ2n) is 9.16. The lowest BCUT2D eigenvalue weighted by Crippen LogP contribution is -2.29. The standard InChI is InChI=1S/C25H41NO7/c1-4-5-8-17(2)13-19(28)11-12-20-21(23(30)15-22(20)29)14-18(27)9-6-7-10-24(31)26-16-25(32)33-3/h11-12,17,19-22,28-29H,4-10,13-16H2,1-3H3,(H,26,31)/b12-11+/t17-,19?,20+,21+,22+/m0/s1. The highest BCUT2D eigenvalue weighted by Gasteiger charge is 2.40. The van der Waals surface area contributed by atoms with Gasteiger partial charge in [-0.15, -0.1) is 0 Å². The molecule has 0 spiro atoms. The number of carbonyl (C=O) groups excluding carboxylic acids is 4. The number of aliphatic hydroxyl groups excluding tert-OH is 2. The highest BCUT2D eigenvalue weighted by Crippen LogP contribution is 2.34. The van der Waals surface area contributed by atoms with Gasteiger partial charge < -0.3 is 20.3 Å². The van der Waals surface area contributed by atoms with Crippen molar-refractivity contribution in [3.8, 4) is 0 Å². The number of amides is 1. The Kier molecular flexibility index (Phi) is 13.8. The van der Waals surface area contributed by atoms with Crippen LogP contribution in [0.25, 0.3) is 0 Å². The van der Waals surface area contributed by atoms with E-state index < -0.39 is 30.0 Å². The Bertz CT molecular complexity index is 676. The summed E-state index contributed by atoms with van der Waals surface area (Å²) in [5, 5.41) is 23.0. The quantitative estimate of drug-likeness (QED) is 0.181. The highest BCUT2D eigenvalue weighted by atomic mass is 16.5. The maximum Gasteiger partial charge on any atom is 0.325 e. The van der Waals surface area contributed by atoms with Crippen molar-refractivity contribution < 1.29 is 34.1 Å². The molecular formula is C25H41NO7. The molecule has 8 heteroatoms. The zero-order valence-electron chi connectivity index (χ0n) is 20.3. The third-order valence-corrected chi connectivity index (χ3v) is 6.20. The first-order chi connectivity index (χ1) is 15.7. The molecule has 5 atom stereocenters. The minimum Gasteiger partial charge on any atom is -0.468 e. The first-order valence-corrected chi connectivity index (χ1v) is 12.1. The molecule has 0 aromatic carbocycles. The molecule has 1 saturated carbocycles. The van der Waals surface area contributed by atoms with Gasteiger partial charge in [-0.2, -0.15) is 0 Å². The third kappa shape index (κ3) is 11.6. The molecule has 0 saturated heterocycles. The van der Waals surface area contributed by atoms with Gasteiger partial charge >= 0.3 is 5.97 Å². The largest absolute Gasteiger partial charge is 0.468 e. The van der Waals surface area contributed by atoms with E-state index in [4.69, 9.17) is 0 Å². The van der Waals surface area contributed by atoms with E-state index >= 15 is 0 Å². The summed E-state index contributed by atoms with van der Waals surface area (Å²) in [6.07, 6.45) is 7.32. The highest BCUT2D eigenvalue weighted by molar-refractivity contribution is 5.90. The van der Waals surface area contributed by atoms with E-state index in [1.54, 1.807) is 12.2 Å². The Balaban J connectivity index is 2.44. The lowest BCUT2D eigenvalue weighted by Gasteiger charge is -2.18. The van der Waals surface area contributed by atoms with E-state index in [2.05, 4.69) is 23.9 Å². The van der Waals surface area contributed by atoms with Crippen LogP contribution in [0.5, 0.6) is 0 Å². The first-order valence-electron chi connectivity index (χ1n) is 12.1. The molecule has 0 aliphatic heterocycles. The van der Waals surface area contributed by atoms with Crippen molar-refractivity contribution in [2.45, 2.75) is 90.3 Å². The van der Waals surface area contributed by atoms with Crippen molar-refractivity contribution in [3.05, 3.63) is 12.2 Å². The number of unbranched alkanes of at least 4 members (excludes halogenated alkanes) is 2. The lowest BCUT2D eigenvalue weighted by atomic mass is 9.87. The molecule has 0 aromatic heterocycles. The molecule has 1 aliphatic rings. The fourth-order valence-electron chi connectivity index (χ4n) is 4.19. The van der Waals surface area contributed by atoms with Crippen molar-refractivity contribution >= 4 is 23.4 Å².